The molecule has 0 bridgehead atoms. The first-order valence-electron chi connectivity index (χ1n) is 11.3. The van der Waals surface area contributed by atoms with Crippen LogP contribution in [0.25, 0.3) is 0 Å². The van der Waals surface area contributed by atoms with Gasteiger partial charge >= 0.3 is 0 Å². The summed E-state index contributed by atoms with van der Waals surface area (Å²) in [6.45, 7) is 1.65. The molecule has 3 aromatic rings. The number of nitrogens with zero attached hydrogens (tertiary/aromatic N) is 1. The van der Waals surface area contributed by atoms with E-state index in [2.05, 4.69) is 27.7 Å². The van der Waals surface area contributed by atoms with Gasteiger partial charge in [-0.05, 0) is 37.1 Å². The summed E-state index contributed by atoms with van der Waals surface area (Å²) in [6.07, 6.45) is 1.54. The van der Waals surface area contributed by atoms with E-state index in [4.69, 9.17) is 9.47 Å². The number of rotatable bonds is 7. The smallest absolute Gasteiger partial charge is 0.255 e. The van der Waals surface area contributed by atoms with Gasteiger partial charge in [0, 0.05) is 42.4 Å². The van der Waals surface area contributed by atoms with Gasteiger partial charge in [0.15, 0.2) is 0 Å². The van der Waals surface area contributed by atoms with Crippen molar-refractivity contribution in [1.82, 2.24) is 0 Å². The molecule has 1 fully saturated rings. The van der Waals surface area contributed by atoms with Crippen LogP contribution in [0.1, 0.15) is 23.2 Å². The molecule has 0 aliphatic carbocycles. The van der Waals surface area contributed by atoms with Crippen molar-refractivity contribution in [3.8, 4) is 11.5 Å². The topological polar surface area (TPSA) is 79.9 Å². The highest BCUT2D eigenvalue weighted by Crippen LogP contribution is 2.37. The van der Waals surface area contributed by atoms with Gasteiger partial charge in [0.25, 0.3) is 5.91 Å². The minimum atomic E-state index is -0.261. The highest BCUT2D eigenvalue weighted by Gasteiger charge is 2.26. The third-order valence-corrected chi connectivity index (χ3v) is 6.05. The summed E-state index contributed by atoms with van der Waals surface area (Å²) in [5, 5.41) is 5.85. The Morgan fingerprint density at radius 2 is 1.32 bits per heavy atom. The number of ether oxygens (including phenoxy) is 2. The van der Waals surface area contributed by atoms with E-state index < -0.39 is 0 Å². The average molecular weight is 460 g/mol. The number of amides is 2. The Labute approximate surface area is 199 Å². The number of nitrogens with one attached hydrogen (secondary N) is 2. The summed E-state index contributed by atoms with van der Waals surface area (Å²) in [4.78, 5) is 27.9. The van der Waals surface area contributed by atoms with Gasteiger partial charge < -0.3 is 25.0 Å². The number of hydrogen-bond acceptors (Lipinski definition) is 5. The molecule has 1 saturated heterocycles. The minimum Gasteiger partial charge on any atom is -0.494 e. The monoisotopic (exact) mass is 459 g/mol. The molecule has 2 N–H and O–H groups in total. The number of para-hydroxylation sites is 1. The number of methoxy groups -OCH3 is 2. The molecular weight excluding hydrogens is 430 g/mol. The molecular formula is C27H29N3O4. The van der Waals surface area contributed by atoms with Crippen molar-refractivity contribution in [3.05, 3.63) is 78.4 Å². The Morgan fingerprint density at radius 3 is 1.88 bits per heavy atom. The van der Waals surface area contributed by atoms with Crippen molar-refractivity contribution in [2.45, 2.75) is 12.8 Å². The van der Waals surface area contributed by atoms with Crippen molar-refractivity contribution >= 4 is 28.9 Å². The molecule has 176 valence electrons. The summed E-state index contributed by atoms with van der Waals surface area (Å²) in [5.41, 5.74) is 2.68. The van der Waals surface area contributed by atoms with Gasteiger partial charge in [-0.3, -0.25) is 9.59 Å². The van der Waals surface area contributed by atoms with Gasteiger partial charge in [-0.15, -0.1) is 0 Å². The van der Waals surface area contributed by atoms with E-state index in [0.717, 1.165) is 25.9 Å². The molecule has 34 heavy (non-hydrogen) atoms. The fourth-order valence-corrected chi connectivity index (χ4v) is 4.15. The second kappa shape index (κ2) is 10.7. The highest BCUT2D eigenvalue weighted by atomic mass is 16.5. The maximum Gasteiger partial charge on any atom is 0.255 e. The third kappa shape index (κ3) is 5.31. The first-order valence-corrected chi connectivity index (χ1v) is 11.3. The van der Waals surface area contributed by atoms with Crippen LogP contribution in [0, 0.1) is 5.92 Å². The molecule has 0 atom stereocenters. The maximum absolute atomic E-state index is 13.0. The maximum atomic E-state index is 13.0. The third-order valence-electron chi connectivity index (χ3n) is 6.05. The molecule has 0 saturated carbocycles. The molecule has 0 unspecified atom stereocenters. The van der Waals surface area contributed by atoms with E-state index >= 15 is 0 Å². The zero-order valence-electron chi connectivity index (χ0n) is 19.4. The van der Waals surface area contributed by atoms with Gasteiger partial charge in [0.05, 0.1) is 25.6 Å². The molecule has 7 heteroatoms. The minimum absolute atomic E-state index is 0.0471. The van der Waals surface area contributed by atoms with Crippen molar-refractivity contribution in [3.63, 3.8) is 0 Å². The lowest BCUT2D eigenvalue weighted by atomic mass is 9.95. The van der Waals surface area contributed by atoms with Crippen LogP contribution in [0.5, 0.6) is 11.5 Å². The van der Waals surface area contributed by atoms with Gasteiger partial charge in [0.1, 0.15) is 11.5 Å². The van der Waals surface area contributed by atoms with Gasteiger partial charge in [0.2, 0.25) is 5.91 Å². The van der Waals surface area contributed by atoms with Gasteiger partial charge in [-0.1, -0.05) is 36.4 Å². The number of carbonyl (C=O) groups excluding carboxylic acids is 2. The Hall–Kier alpha value is -4.00. The molecule has 2 amide bonds. The van der Waals surface area contributed by atoms with Crippen LogP contribution in [-0.2, 0) is 4.79 Å². The van der Waals surface area contributed by atoms with Crippen molar-refractivity contribution in [1.29, 1.82) is 0 Å². The van der Waals surface area contributed by atoms with Crippen LogP contribution >= 0.6 is 0 Å². The molecule has 1 aliphatic heterocycles. The van der Waals surface area contributed by atoms with Crippen molar-refractivity contribution < 1.29 is 19.1 Å². The standard InChI is InChI=1S/C27H29N3O4/c1-33-24-18-23(25(34-2)17-22(24)28-26(31)19-9-5-3-6-10-19)29-27(32)20-13-15-30(16-14-20)21-11-7-4-8-12-21/h3-12,17-18,20H,13-16H2,1-2H3,(H,28,31)(H,29,32). The fourth-order valence-electron chi connectivity index (χ4n) is 4.15. The summed E-state index contributed by atoms with van der Waals surface area (Å²) >= 11 is 0. The summed E-state index contributed by atoms with van der Waals surface area (Å²) in [5.74, 6) is 0.476. The van der Waals surface area contributed by atoms with E-state index in [1.807, 2.05) is 24.3 Å². The largest absolute Gasteiger partial charge is 0.494 e. The lowest BCUT2D eigenvalue weighted by Crippen LogP contribution is -2.38. The molecule has 0 aromatic heterocycles. The number of piperidine rings is 1. The second-order valence-electron chi connectivity index (χ2n) is 8.16. The number of carbonyl (C=O) groups is 2. The summed E-state index contributed by atoms with van der Waals surface area (Å²) < 4.78 is 11.0. The molecule has 1 heterocycles. The first-order chi connectivity index (χ1) is 16.6. The Kier molecular flexibility index (Phi) is 7.32. The number of hydrogen-bond donors (Lipinski definition) is 2. The molecule has 0 radical (unpaired) electrons. The molecule has 7 nitrogen and oxygen atoms in total. The van der Waals surface area contributed by atoms with Gasteiger partial charge in [-0.2, -0.15) is 0 Å². The molecule has 4 rings (SSSR count). The van der Waals surface area contributed by atoms with E-state index in [9.17, 15) is 9.59 Å². The van der Waals surface area contributed by atoms with Gasteiger partial charge in [-0.25, -0.2) is 0 Å². The lowest BCUT2D eigenvalue weighted by molar-refractivity contribution is -0.120. The van der Waals surface area contributed by atoms with Crippen LogP contribution in [-0.4, -0.2) is 39.1 Å². The summed E-state index contributed by atoms with van der Waals surface area (Å²) in [6, 6.07) is 22.5. The van der Waals surface area contributed by atoms with Crippen LogP contribution < -0.4 is 25.0 Å². The number of benzene rings is 3. The predicted molar refractivity (Wildman–Crippen MR) is 134 cm³/mol. The molecule has 0 spiro atoms. The Morgan fingerprint density at radius 1 is 0.794 bits per heavy atom. The fraction of sp³-hybridized carbons (Fsp3) is 0.259. The first kappa shape index (κ1) is 23.2. The summed E-state index contributed by atoms with van der Waals surface area (Å²) in [7, 11) is 3.05. The Balaban J connectivity index is 1.44. The van der Waals surface area contributed by atoms with E-state index in [0.29, 0.717) is 28.4 Å². The van der Waals surface area contributed by atoms with E-state index in [1.54, 1.807) is 36.4 Å². The second-order valence-corrected chi connectivity index (χ2v) is 8.16. The van der Waals surface area contributed by atoms with Crippen LogP contribution in [0.2, 0.25) is 0 Å². The average Bonchev–Trinajstić information content (AvgIpc) is 2.90. The van der Waals surface area contributed by atoms with E-state index in [-0.39, 0.29) is 17.7 Å². The SMILES string of the molecule is COc1cc(NC(=O)C2CCN(c3ccccc3)CC2)c(OC)cc1NC(=O)c1ccccc1. The highest BCUT2D eigenvalue weighted by molar-refractivity contribution is 6.05. The Bertz CT molecular complexity index is 1130. The zero-order valence-corrected chi connectivity index (χ0v) is 19.4. The normalized spacial score (nSPS) is 13.8. The zero-order chi connectivity index (χ0) is 23.9. The van der Waals surface area contributed by atoms with E-state index in [1.165, 1.54) is 19.9 Å². The van der Waals surface area contributed by atoms with Crippen LogP contribution in [0.3, 0.4) is 0 Å². The molecule has 1 aliphatic rings. The molecule has 3 aromatic carbocycles. The van der Waals surface area contributed by atoms with Crippen molar-refractivity contribution in [2.75, 3.05) is 42.8 Å². The lowest BCUT2D eigenvalue weighted by Gasteiger charge is -2.33. The quantitative estimate of drug-likeness (QED) is 0.530. The number of anilines is 3. The van der Waals surface area contributed by atoms with Crippen molar-refractivity contribution in [2.24, 2.45) is 5.92 Å². The predicted octanol–water partition coefficient (Wildman–Crippen LogP) is 4.81. The van der Waals surface area contributed by atoms with Crippen LogP contribution in [0.4, 0.5) is 17.1 Å². The van der Waals surface area contributed by atoms with Crippen LogP contribution in [0.15, 0.2) is 72.8 Å².